The molecule has 0 bridgehead atoms. The van der Waals surface area contributed by atoms with Gasteiger partial charge in [-0.3, -0.25) is 4.79 Å². The van der Waals surface area contributed by atoms with Crippen LogP contribution in [0.1, 0.15) is 38.5 Å². The molecule has 0 aromatic rings. The molecule has 1 atom stereocenters. The van der Waals surface area contributed by atoms with Crippen LogP contribution in [0.25, 0.3) is 0 Å². The van der Waals surface area contributed by atoms with Crippen LogP contribution in [0.15, 0.2) is 0 Å². The van der Waals surface area contributed by atoms with Crippen molar-refractivity contribution in [1.29, 1.82) is 0 Å². The fourth-order valence-corrected chi connectivity index (χ4v) is 3.02. The number of hydrogen-bond donors (Lipinski definition) is 1. The average Bonchev–Trinajstić information content (AvgIpc) is 2.83. The molecule has 0 radical (unpaired) electrons. The molecule has 1 saturated heterocycles. The van der Waals surface area contributed by atoms with Crippen molar-refractivity contribution in [3.05, 3.63) is 0 Å². The van der Waals surface area contributed by atoms with Gasteiger partial charge >= 0.3 is 0 Å². The molecule has 2 aliphatic rings. The standard InChI is InChI=1S/C13H24N2O.ClH/c1-15(10-11-5-3-2-4-6-11)13(16)12-7-8-14-9-12;/h11-12,14H,2-10H2,1H3;1H. The Morgan fingerprint density at radius 3 is 2.53 bits per heavy atom. The molecule has 3 nitrogen and oxygen atoms in total. The predicted octanol–water partition coefficient (Wildman–Crippen LogP) is 2.06. The van der Waals surface area contributed by atoms with Gasteiger partial charge in [0.25, 0.3) is 0 Å². The van der Waals surface area contributed by atoms with E-state index in [0.717, 1.165) is 32.0 Å². The van der Waals surface area contributed by atoms with Crippen LogP contribution in [0, 0.1) is 11.8 Å². The molecule has 0 aromatic heterocycles. The van der Waals surface area contributed by atoms with Gasteiger partial charge in [0.15, 0.2) is 0 Å². The summed E-state index contributed by atoms with van der Waals surface area (Å²) in [5, 5.41) is 3.26. The molecule has 1 amide bonds. The topological polar surface area (TPSA) is 32.3 Å². The van der Waals surface area contributed by atoms with E-state index in [4.69, 9.17) is 0 Å². The maximum atomic E-state index is 12.1. The van der Waals surface area contributed by atoms with Gasteiger partial charge in [-0.25, -0.2) is 0 Å². The summed E-state index contributed by atoms with van der Waals surface area (Å²) in [6.45, 7) is 2.87. The number of halogens is 1. The lowest BCUT2D eigenvalue weighted by atomic mass is 9.89. The number of nitrogens with zero attached hydrogens (tertiary/aromatic N) is 1. The van der Waals surface area contributed by atoms with Crippen LogP contribution in [0.3, 0.4) is 0 Å². The molecule has 1 N–H and O–H groups in total. The summed E-state index contributed by atoms with van der Waals surface area (Å²) in [5.41, 5.74) is 0. The van der Waals surface area contributed by atoms with E-state index in [-0.39, 0.29) is 18.3 Å². The molecule has 0 aromatic carbocycles. The minimum absolute atomic E-state index is 0. The van der Waals surface area contributed by atoms with Crippen LogP contribution in [-0.2, 0) is 4.79 Å². The summed E-state index contributed by atoms with van der Waals surface area (Å²) in [6.07, 6.45) is 7.77. The van der Waals surface area contributed by atoms with Crippen LogP contribution in [0.5, 0.6) is 0 Å². The van der Waals surface area contributed by atoms with E-state index in [0.29, 0.717) is 5.91 Å². The lowest BCUT2D eigenvalue weighted by molar-refractivity contribution is -0.134. The van der Waals surface area contributed by atoms with Crippen molar-refractivity contribution in [2.45, 2.75) is 38.5 Å². The Hall–Kier alpha value is -0.280. The quantitative estimate of drug-likeness (QED) is 0.843. The third kappa shape index (κ3) is 4.14. The second kappa shape index (κ2) is 7.22. The van der Waals surface area contributed by atoms with Gasteiger partial charge in [0, 0.05) is 20.1 Å². The molecule has 2 fully saturated rings. The molecule has 1 aliphatic heterocycles. The highest BCUT2D eigenvalue weighted by Gasteiger charge is 2.26. The number of nitrogens with one attached hydrogen (secondary N) is 1. The zero-order valence-corrected chi connectivity index (χ0v) is 11.6. The van der Waals surface area contributed by atoms with Crippen LogP contribution in [0.4, 0.5) is 0 Å². The Morgan fingerprint density at radius 1 is 1.24 bits per heavy atom. The molecule has 4 heteroatoms. The number of carbonyl (C=O) groups is 1. The average molecular weight is 261 g/mol. The summed E-state index contributed by atoms with van der Waals surface area (Å²) < 4.78 is 0. The molecular weight excluding hydrogens is 236 g/mol. The molecule has 1 saturated carbocycles. The molecule has 2 rings (SSSR count). The van der Waals surface area contributed by atoms with Gasteiger partial charge in [0.1, 0.15) is 0 Å². The van der Waals surface area contributed by atoms with Gasteiger partial charge in [0.2, 0.25) is 5.91 Å². The SMILES string of the molecule is CN(CC1CCCCC1)C(=O)C1CCNC1.Cl. The first-order valence-corrected chi connectivity index (χ1v) is 6.73. The first-order chi connectivity index (χ1) is 7.77. The lowest BCUT2D eigenvalue weighted by Gasteiger charge is -2.28. The van der Waals surface area contributed by atoms with E-state index in [2.05, 4.69) is 5.32 Å². The van der Waals surface area contributed by atoms with Crippen molar-refractivity contribution in [3.63, 3.8) is 0 Å². The van der Waals surface area contributed by atoms with Gasteiger partial charge in [-0.1, -0.05) is 19.3 Å². The van der Waals surface area contributed by atoms with E-state index < -0.39 is 0 Å². The maximum absolute atomic E-state index is 12.1. The van der Waals surface area contributed by atoms with Gasteiger partial charge in [-0.2, -0.15) is 0 Å². The van der Waals surface area contributed by atoms with Crippen molar-refractivity contribution in [2.24, 2.45) is 11.8 Å². The maximum Gasteiger partial charge on any atom is 0.226 e. The molecule has 100 valence electrons. The van der Waals surface area contributed by atoms with Gasteiger partial charge in [-0.05, 0) is 31.7 Å². The zero-order chi connectivity index (χ0) is 11.4. The van der Waals surface area contributed by atoms with E-state index >= 15 is 0 Å². The zero-order valence-electron chi connectivity index (χ0n) is 10.8. The van der Waals surface area contributed by atoms with Gasteiger partial charge in [-0.15, -0.1) is 12.4 Å². The van der Waals surface area contributed by atoms with Crippen LogP contribution in [-0.4, -0.2) is 37.5 Å². The van der Waals surface area contributed by atoms with E-state index in [1.807, 2.05) is 11.9 Å². The Labute approximate surface area is 111 Å². The third-order valence-electron chi connectivity index (χ3n) is 4.04. The second-order valence-corrected chi connectivity index (χ2v) is 5.41. The summed E-state index contributed by atoms with van der Waals surface area (Å²) in [4.78, 5) is 14.1. The molecule has 1 heterocycles. The summed E-state index contributed by atoms with van der Waals surface area (Å²) in [7, 11) is 1.98. The van der Waals surface area contributed by atoms with Crippen molar-refractivity contribution < 1.29 is 4.79 Å². The summed E-state index contributed by atoms with van der Waals surface area (Å²) >= 11 is 0. The number of carbonyl (C=O) groups excluding carboxylic acids is 1. The van der Waals surface area contributed by atoms with Crippen LogP contribution in [0.2, 0.25) is 0 Å². The summed E-state index contributed by atoms with van der Waals surface area (Å²) in [6, 6.07) is 0. The Kier molecular flexibility index (Phi) is 6.28. The predicted molar refractivity (Wildman–Crippen MR) is 72.4 cm³/mol. The van der Waals surface area contributed by atoms with E-state index in [1.165, 1.54) is 32.1 Å². The highest BCUT2D eigenvalue weighted by atomic mass is 35.5. The highest BCUT2D eigenvalue weighted by molar-refractivity contribution is 5.85. The van der Waals surface area contributed by atoms with Crippen molar-refractivity contribution >= 4 is 18.3 Å². The van der Waals surface area contributed by atoms with Crippen molar-refractivity contribution in [1.82, 2.24) is 10.2 Å². The molecular formula is C13H25ClN2O. The largest absolute Gasteiger partial charge is 0.345 e. The monoisotopic (exact) mass is 260 g/mol. The molecule has 1 unspecified atom stereocenters. The van der Waals surface area contributed by atoms with Crippen molar-refractivity contribution in [3.8, 4) is 0 Å². The lowest BCUT2D eigenvalue weighted by Crippen LogP contribution is -2.37. The van der Waals surface area contributed by atoms with Crippen molar-refractivity contribution in [2.75, 3.05) is 26.7 Å². The smallest absolute Gasteiger partial charge is 0.226 e. The first kappa shape index (κ1) is 14.8. The molecule has 1 aliphatic carbocycles. The van der Waals surface area contributed by atoms with Crippen LogP contribution >= 0.6 is 12.4 Å². The fraction of sp³-hybridized carbons (Fsp3) is 0.923. The summed E-state index contributed by atoms with van der Waals surface area (Å²) in [5.74, 6) is 1.36. The molecule has 0 spiro atoms. The van der Waals surface area contributed by atoms with Gasteiger partial charge < -0.3 is 10.2 Å². The number of amides is 1. The van der Waals surface area contributed by atoms with Gasteiger partial charge in [0.05, 0.1) is 5.92 Å². The third-order valence-corrected chi connectivity index (χ3v) is 4.04. The minimum atomic E-state index is 0. The molecule has 17 heavy (non-hydrogen) atoms. The Bertz CT molecular complexity index is 236. The highest BCUT2D eigenvalue weighted by Crippen LogP contribution is 2.24. The number of hydrogen-bond acceptors (Lipinski definition) is 2. The van der Waals surface area contributed by atoms with E-state index in [9.17, 15) is 4.79 Å². The fourth-order valence-electron chi connectivity index (χ4n) is 3.02. The second-order valence-electron chi connectivity index (χ2n) is 5.41. The first-order valence-electron chi connectivity index (χ1n) is 6.73. The Morgan fingerprint density at radius 2 is 1.94 bits per heavy atom. The van der Waals surface area contributed by atoms with Crippen LogP contribution < -0.4 is 5.32 Å². The van der Waals surface area contributed by atoms with E-state index in [1.54, 1.807) is 0 Å². The minimum Gasteiger partial charge on any atom is -0.345 e. The Balaban J connectivity index is 0.00000144. The number of rotatable bonds is 3. The normalized spacial score (nSPS) is 25.4.